The van der Waals surface area contributed by atoms with Crippen LogP contribution in [0.2, 0.25) is 0 Å². The minimum Gasteiger partial charge on any atom is -0.388 e. The lowest BCUT2D eigenvalue weighted by atomic mass is 10.1. The molecule has 1 aliphatic heterocycles. The molecule has 2 aromatic rings. The van der Waals surface area contributed by atoms with E-state index in [0.29, 0.717) is 31.7 Å². The summed E-state index contributed by atoms with van der Waals surface area (Å²) in [6.07, 6.45) is 3.92. The van der Waals surface area contributed by atoms with Crippen molar-refractivity contribution >= 4 is 11.7 Å². The second-order valence-corrected chi connectivity index (χ2v) is 5.71. The number of benzene rings is 1. The summed E-state index contributed by atoms with van der Waals surface area (Å²) in [6, 6.07) is 5.71. The third-order valence-electron chi connectivity index (χ3n) is 4.11. The fourth-order valence-corrected chi connectivity index (χ4v) is 2.77. The van der Waals surface area contributed by atoms with Crippen LogP contribution in [0.3, 0.4) is 0 Å². The van der Waals surface area contributed by atoms with E-state index >= 15 is 0 Å². The van der Waals surface area contributed by atoms with Gasteiger partial charge in [0, 0.05) is 38.6 Å². The Balaban J connectivity index is 1.54. The lowest BCUT2D eigenvalue weighted by molar-refractivity contribution is -0.133. The van der Waals surface area contributed by atoms with Gasteiger partial charge < -0.3 is 14.9 Å². The Hall–Kier alpha value is -2.54. The van der Waals surface area contributed by atoms with Gasteiger partial charge in [0.15, 0.2) is 0 Å². The first kappa shape index (κ1) is 16.3. The molecule has 1 aromatic heterocycles. The van der Waals surface area contributed by atoms with Gasteiger partial charge in [0.2, 0.25) is 5.91 Å². The monoisotopic (exact) mass is 330 g/mol. The first-order chi connectivity index (χ1) is 11.6. The molecule has 0 aliphatic carbocycles. The maximum atomic E-state index is 13.2. The van der Waals surface area contributed by atoms with Crippen molar-refractivity contribution < 1.29 is 14.3 Å². The van der Waals surface area contributed by atoms with Crippen molar-refractivity contribution in [1.82, 2.24) is 14.9 Å². The van der Waals surface area contributed by atoms with Crippen LogP contribution in [0.15, 0.2) is 42.9 Å². The summed E-state index contributed by atoms with van der Waals surface area (Å²) < 4.78 is 13.2. The number of nitrogens with zero attached hydrogens (tertiary/aromatic N) is 4. The molecule has 2 heterocycles. The first-order valence-corrected chi connectivity index (χ1v) is 7.86. The minimum atomic E-state index is -0.994. The van der Waals surface area contributed by atoms with Crippen LogP contribution in [0, 0.1) is 5.82 Å². The smallest absolute Gasteiger partial charge is 0.225 e. The zero-order valence-corrected chi connectivity index (χ0v) is 13.2. The number of aromatic nitrogens is 2. The highest BCUT2D eigenvalue weighted by Crippen LogP contribution is 2.19. The number of piperazine rings is 1. The molecule has 7 heteroatoms. The second kappa shape index (κ2) is 7.35. The molecule has 0 spiro atoms. The number of hydrogen-bond donors (Lipinski definition) is 1. The molecule has 0 radical (unpaired) electrons. The Labute approximate surface area is 139 Å². The van der Waals surface area contributed by atoms with Crippen LogP contribution < -0.4 is 4.90 Å². The van der Waals surface area contributed by atoms with Gasteiger partial charge in [0.25, 0.3) is 0 Å². The number of carbonyl (C=O) groups excluding carboxylic acids is 1. The van der Waals surface area contributed by atoms with Crippen LogP contribution in [0.4, 0.5) is 10.2 Å². The van der Waals surface area contributed by atoms with E-state index in [2.05, 4.69) is 14.9 Å². The fourth-order valence-electron chi connectivity index (χ4n) is 2.77. The van der Waals surface area contributed by atoms with E-state index in [4.69, 9.17) is 0 Å². The predicted octanol–water partition coefficient (Wildman–Crippen LogP) is 1.39. The van der Waals surface area contributed by atoms with E-state index < -0.39 is 11.9 Å². The summed E-state index contributed by atoms with van der Waals surface area (Å²) in [6.45, 7) is 2.46. The quantitative estimate of drug-likeness (QED) is 0.917. The number of amides is 1. The number of halogens is 1. The summed E-state index contributed by atoms with van der Waals surface area (Å²) in [4.78, 5) is 24.4. The van der Waals surface area contributed by atoms with Gasteiger partial charge in [-0.1, -0.05) is 12.1 Å². The van der Waals surface area contributed by atoms with E-state index in [1.54, 1.807) is 29.6 Å². The average Bonchev–Trinajstić information content (AvgIpc) is 2.62. The molecule has 1 amide bonds. The highest BCUT2D eigenvalue weighted by Gasteiger charge is 2.24. The van der Waals surface area contributed by atoms with E-state index in [0.717, 1.165) is 5.82 Å². The third kappa shape index (κ3) is 3.86. The second-order valence-electron chi connectivity index (χ2n) is 5.71. The third-order valence-corrected chi connectivity index (χ3v) is 4.11. The summed E-state index contributed by atoms with van der Waals surface area (Å²) in [5, 5.41) is 10.1. The molecule has 1 aliphatic rings. The molecule has 1 fully saturated rings. The lowest BCUT2D eigenvalue weighted by Crippen LogP contribution is -2.49. The Kier molecular flexibility index (Phi) is 5.00. The van der Waals surface area contributed by atoms with Gasteiger partial charge in [0.1, 0.15) is 11.6 Å². The van der Waals surface area contributed by atoms with Gasteiger partial charge in [-0.2, -0.15) is 0 Å². The summed E-state index contributed by atoms with van der Waals surface area (Å²) in [7, 11) is 0. The summed E-state index contributed by atoms with van der Waals surface area (Å²) in [5.74, 6) is 0.242. The minimum absolute atomic E-state index is 0.0470. The van der Waals surface area contributed by atoms with Gasteiger partial charge in [0.05, 0.1) is 18.7 Å². The van der Waals surface area contributed by atoms with E-state index in [1.165, 1.54) is 18.2 Å². The molecule has 1 aromatic carbocycles. The van der Waals surface area contributed by atoms with E-state index in [9.17, 15) is 14.3 Å². The van der Waals surface area contributed by atoms with Crippen molar-refractivity contribution in [2.75, 3.05) is 31.1 Å². The number of rotatable bonds is 4. The number of aliphatic hydroxyl groups is 1. The lowest BCUT2D eigenvalue weighted by Gasteiger charge is -2.35. The molecule has 24 heavy (non-hydrogen) atoms. The Morgan fingerprint density at radius 1 is 1.25 bits per heavy atom. The number of anilines is 1. The standard InChI is InChI=1S/C17H19FN4O2/c18-14-3-1-2-13(10-14)15(23)11-17(24)22-8-6-21(7-9-22)16-12-19-4-5-20-16/h1-5,10,12,15,23H,6-9,11H2. The van der Waals surface area contributed by atoms with Gasteiger partial charge in [-0.15, -0.1) is 0 Å². The van der Waals surface area contributed by atoms with Crippen LogP contribution in [-0.2, 0) is 4.79 Å². The van der Waals surface area contributed by atoms with Crippen LogP contribution >= 0.6 is 0 Å². The van der Waals surface area contributed by atoms with Crippen molar-refractivity contribution in [2.45, 2.75) is 12.5 Å². The molecular formula is C17H19FN4O2. The maximum absolute atomic E-state index is 13.2. The highest BCUT2D eigenvalue weighted by atomic mass is 19.1. The molecule has 1 N–H and O–H groups in total. The van der Waals surface area contributed by atoms with E-state index in [1.807, 2.05) is 0 Å². The Morgan fingerprint density at radius 2 is 2.04 bits per heavy atom. The molecule has 0 bridgehead atoms. The normalized spacial score (nSPS) is 16.1. The summed E-state index contributed by atoms with van der Waals surface area (Å²) in [5.41, 5.74) is 0.418. The van der Waals surface area contributed by atoms with E-state index in [-0.39, 0.29) is 12.3 Å². The average molecular weight is 330 g/mol. The SMILES string of the molecule is O=C(CC(O)c1cccc(F)c1)N1CCN(c2cnccn2)CC1. The Morgan fingerprint density at radius 3 is 2.71 bits per heavy atom. The fraction of sp³-hybridized carbons (Fsp3) is 0.353. The van der Waals surface area contributed by atoms with Gasteiger partial charge in [-0.25, -0.2) is 9.37 Å². The van der Waals surface area contributed by atoms with Crippen molar-refractivity contribution in [3.63, 3.8) is 0 Å². The maximum Gasteiger partial charge on any atom is 0.225 e. The first-order valence-electron chi connectivity index (χ1n) is 7.86. The van der Waals surface area contributed by atoms with Crippen LogP contribution in [0.1, 0.15) is 18.1 Å². The molecule has 1 unspecified atom stereocenters. The van der Waals surface area contributed by atoms with Crippen LogP contribution in [0.5, 0.6) is 0 Å². The number of carbonyl (C=O) groups is 1. The zero-order chi connectivity index (χ0) is 16.9. The summed E-state index contributed by atoms with van der Waals surface area (Å²) >= 11 is 0. The van der Waals surface area contributed by atoms with Crippen LogP contribution in [-0.4, -0.2) is 52.1 Å². The molecule has 1 atom stereocenters. The molecular weight excluding hydrogens is 311 g/mol. The topological polar surface area (TPSA) is 69.6 Å². The van der Waals surface area contributed by atoms with Crippen molar-refractivity contribution in [3.8, 4) is 0 Å². The Bertz CT molecular complexity index is 690. The highest BCUT2D eigenvalue weighted by molar-refractivity contribution is 5.77. The van der Waals surface area contributed by atoms with Crippen LogP contribution in [0.25, 0.3) is 0 Å². The zero-order valence-electron chi connectivity index (χ0n) is 13.2. The number of hydrogen-bond acceptors (Lipinski definition) is 5. The molecule has 0 saturated carbocycles. The van der Waals surface area contributed by atoms with Gasteiger partial charge >= 0.3 is 0 Å². The largest absolute Gasteiger partial charge is 0.388 e. The van der Waals surface area contributed by atoms with Crippen molar-refractivity contribution in [3.05, 3.63) is 54.2 Å². The van der Waals surface area contributed by atoms with Gasteiger partial charge in [-0.05, 0) is 17.7 Å². The molecule has 6 nitrogen and oxygen atoms in total. The molecule has 3 rings (SSSR count). The number of aliphatic hydroxyl groups excluding tert-OH is 1. The van der Waals surface area contributed by atoms with Crippen molar-refractivity contribution in [1.29, 1.82) is 0 Å². The predicted molar refractivity (Wildman–Crippen MR) is 86.8 cm³/mol. The van der Waals surface area contributed by atoms with Crippen molar-refractivity contribution in [2.24, 2.45) is 0 Å². The van der Waals surface area contributed by atoms with Gasteiger partial charge in [-0.3, -0.25) is 9.78 Å². The molecule has 1 saturated heterocycles. The molecule has 126 valence electrons.